The number of nitrogens with zero attached hydrogens (tertiary/aromatic N) is 2. The third-order valence-corrected chi connectivity index (χ3v) is 5.53. The SMILES string of the molecule is CCOC(=O)CCNC(=O)C(c1cccc(C)c1)N(CC#N)C(=O)C(NC(=O)OC(C)(C)C)C(C)CC. The molecular weight excluding hydrogens is 476 g/mol. The average Bonchev–Trinajstić information content (AvgIpc) is 2.80. The van der Waals surface area contributed by atoms with Crippen LogP contribution in [-0.4, -0.2) is 60.1 Å². The van der Waals surface area contributed by atoms with Gasteiger partial charge in [-0.2, -0.15) is 5.26 Å². The number of carbonyl (C=O) groups excluding carboxylic acids is 4. The number of hydrogen-bond donors (Lipinski definition) is 2. The predicted molar refractivity (Wildman–Crippen MR) is 138 cm³/mol. The molecule has 0 aliphatic heterocycles. The summed E-state index contributed by atoms with van der Waals surface area (Å²) in [4.78, 5) is 52.7. The number of rotatable bonds is 12. The summed E-state index contributed by atoms with van der Waals surface area (Å²) >= 11 is 0. The maximum atomic E-state index is 13.9. The molecule has 204 valence electrons. The molecule has 0 aliphatic carbocycles. The monoisotopic (exact) mass is 516 g/mol. The molecule has 3 amide bonds. The van der Waals surface area contributed by atoms with Gasteiger partial charge in [-0.15, -0.1) is 0 Å². The van der Waals surface area contributed by atoms with E-state index < -0.39 is 48.1 Å². The standard InChI is InChI=1S/C27H40N4O6/c1-8-19(4)22(30-26(35)37-27(5,6)7)25(34)31(16-14-28)23(20-12-10-11-18(3)17-20)24(33)29-15-13-21(32)36-9-2/h10-12,17,19,22-23H,8-9,13,15-16H2,1-7H3,(H,29,33)(H,30,35). The Balaban J connectivity index is 3.38. The van der Waals surface area contributed by atoms with Gasteiger partial charge in [0.05, 0.1) is 19.1 Å². The zero-order valence-electron chi connectivity index (χ0n) is 22.9. The minimum absolute atomic E-state index is 0.000480. The van der Waals surface area contributed by atoms with Crippen LogP contribution in [0.1, 0.15) is 71.6 Å². The highest BCUT2D eigenvalue weighted by Crippen LogP contribution is 2.25. The number of hydrogen-bond acceptors (Lipinski definition) is 7. The molecule has 10 nitrogen and oxygen atoms in total. The Morgan fingerprint density at radius 1 is 1.16 bits per heavy atom. The third kappa shape index (κ3) is 10.5. The summed E-state index contributed by atoms with van der Waals surface area (Å²) < 4.78 is 10.2. The maximum Gasteiger partial charge on any atom is 0.408 e. The van der Waals surface area contributed by atoms with Gasteiger partial charge in [0.1, 0.15) is 24.2 Å². The largest absolute Gasteiger partial charge is 0.466 e. The lowest BCUT2D eigenvalue weighted by Crippen LogP contribution is -2.55. The summed E-state index contributed by atoms with van der Waals surface area (Å²) in [6.07, 6.45) is -0.260. The first-order chi connectivity index (χ1) is 17.3. The predicted octanol–water partition coefficient (Wildman–Crippen LogP) is 3.40. The molecule has 0 radical (unpaired) electrons. The van der Waals surface area contributed by atoms with E-state index in [0.717, 1.165) is 10.5 Å². The van der Waals surface area contributed by atoms with Crippen molar-refractivity contribution in [3.05, 3.63) is 35.4 Å². The Hall–Kier alpha value is -3.61. The molecule has 3 atom stereocenters. The molecule has 0 bridgehead atoms. The molecule has 0 spiro atoms. The van der Waals surface area contributed by atoms with Gasteiger partial charge in [0, 0.05) is 6.54 Å². The molecule has 1 aromatic rings. The van der Waals surface area contributed by atoms with Crippen molar-refractivity contribution in [1.82, 2.24) is 15.5 Å². The van der Waals surface area contributed by atoms with Crippen LogP contribution in [0.3, 0.4) is 0 Å². The van der Waals surface area contributed by atoms with Gasteiger partial charge >= 0.3 is 12.1 Å². The van der Waals surface area contributed by atoms with E-state index in [1.165, 1.54) is 0 Å². The first-order valence-corrected chi connectivity index (χ1v) is 12.5. The molecule has 3 unspecified atom stereocenters. The highest BCUT2D eigenvalue weighted by atomic mass is 16.6. The van der Waals surface area contributed by atoms with Crippen LogP contribution >= 0.6 is 0 Å². The van der Waals surface area contributed by atoms with Crippen molar-refractivity contribution in [3.8, 4) is 6.07 Å². The fourth-order valence-corrected chi connectivity index (χ4v) is 3.60. The minimum atomic E-state index is -1.17. The lowest BCUT2D eigenvalue weighted by molar-refractivity contribution is -0.144. The number of aryl methyl sites for hydroxylation is 1. The van der Waals surface area contributed by atoms with Crippen LogP contribution in [0.15, 0.2) is 24.3 Å². The van der Waals surface area contributed by atoms with Crippen LogP contribution in [0.4, 0.5) is 4.79 Å². The first-order valence-electron chi connectivity index (χ1n) is 12.5. The Labute approximate surface area is 219 Å². The highest BCUT2D eigenvalue weighted by molar-refractivity contribution is 5.92. The zero-order chi connectivity index (χ0) is 28.2. The Morgan fingerprint density at radius 2 is 1.84 bits per heavy atom. The van der Waals surface area contributed by atoms with E-state index in [1.807, 2.05) is 26.0 Å². The van der Waals surface area contributed by atoms with E-state index in [-0.39, 0.29) is 25.5 Å². The fraction of sp³-hybridized carbons (Fsp3) is 0.593. The molecule has 0 fully saturated rings. The number of esters is 1. The molecule has 0 saturated heterocycles. The van der Waals surface area contributed by atoms with Crippen molar-refractivity contribution in [2.24, 2.45) is 5.92 Å². The van der Waals surface area contributed by atoms with Crippen molar-refractivity contribution in [1.29, 1.82) is 5.26 Å². The zero-order valence-corrected chi connectivity index (χ0v) is 22.9. The number of ether oxygens (including phenoxy) is 2. The molecule has 10 heteroatoms. The van der Waals surface area contributed by atoms with Crippen molar-refractivity contribution in [3.63, 3.8) is 0 Å². The van der Waals surface area contributed by atoms with Gasteiger partial charge in [-0.25, -0.2) is 4.79 Å². The van der Waals surface area contributed by atoms with Crippen molar-refractivity contribution in [2.45, 2.75) is 79.0 Å². The van der Waals surface area contributed by atoms with Crippen LogP contribution in [0, 0.1) is 24.2 Å². The summed E-state index contributed by atoms with van der Waals surface area (Å²) in [6, 6.07) is 6.82. The van der Waals surface area contributed by atoms with E-state index in [9.17, 15) is 24.4 Å². The fourth-order valence-electron chi connectivity index (χ4n) is 3.60. The summed E-state index contributed by atoms with van der Waals surface area (Å²) in [5.41, 5.74) is 0.580. The summed E-state index contributed by atoms with van der Waals surface area (Å²) in [5.74, 6) is -1.92. The van der Waals surface area contributed by atoms with Gasteiger partial charge in [-0.05, 0) is 46.1 Å². The van der Waals surface area contributed by atoms with Crippen molar-refractivity contribution < 1.29 is 28.7 Å². The summed E-state index contributed by atoms with van der Waals surface area (Å²) in [6.45, 7) is 12.2. The van der Waals surface area contributed by atoms with Gasteiger partial charge in [0.2, 0.25) is 11.8 Å². The second-order valence-corrected chi connectivity index (χ2v) is 9.80. The van der Waals surface area contributed by atoms with E-state index in [1.54, 1.807) is 52.8 Å². The number of amides is 3. The van der Waals surface area contributed by atoms with Crippen LogP contribution < -0.4 is 10.6 Å². The van der Waals surface area contributed by atoms with Crippen LogP contribution in [0.25, 0.3) is 0 Å². The number of carbonyl (C=O) groups is 4. The van der Waals surface area contributed by atoms with E-state index >= 15 is 0 Å². The summed E-state index contributed by atoms with van der Waals surface area (Å²) in [5, 5.41) is 14.9. The average molecular weight is 517 g/mol. The molecule has 1 aromatic carbocycles. The minimum Gasteiger partial charge on any atom is -0.466 e. The molecule has 0 aliphatic rings. The third-order valence-electron chi connectivity index (χ3n) is 5.53. The second kappa shape index (κ2) is 14.8. The number of nitrogens with one attached hydrogen (secondary N) is 2. The molecule has 37 heavy (non-hydrogen) atoms. The maximum absolute atomic E-state index is 13.9. The van der Waals surface area contributed by atoms with Gasteiger partial charge in [0.15, 0.2) is 0 Å². The molecule has 1 rings (SSSR count). The van der Waals surface area contributed by atoms with Gasteiger partial charge in [-0.3, -0.25) is 14.4 Å². The van der Waals surface area contributed by atoms with Crippen LogP contribution in [-0.2, 0) is 23.9 Å². The topological polar surface area (TPSA) is 138 Å². The Kier molecular flexibility index (Phi) is 12.6. The normalized spacial score (nSPS) is 13.4. The second-order valence-electron chi connectivity index (χ2n) is 9.80. The smallest absolute Gasteiger partial charge is 0.408 e. The van der Waals surface area contributed by atoms with Crippen molar-refractivity contribution >= 4 is 23.9 Å². The van der Waals surface area contributed by atoms with Gasteiger partial charge in [-0.1, -0.05) is 50.1 Å². The Bertz CT molecular complexity index is 982. The first kappa shape index (κ1) is 31.4. The summed E-state index contributed by atoms with van der Waals surface area (Å²) in [7, 11) is 0. The van der Waals surface area contributed by atoms with Gasteiger partial charge < -0.3 is 25.0 Å². The molecule has 0 saturated carbocycles. The number of benzene rings is 1. The van der Waals surface area contributed by atoms with E-state index in [4.69, 9.17) is 9.47 Å². The van der Waals surface area contributed by atoms with Gasteiger partial charge in [0.25, 0.3) is 0 Å². The quantitative estimate of drug-likeness (QED) is 0.321. The Morgan fingerprint density at radius 3 is 2.38 bits per heavy atom. The lowest BCUT2D eigenvalue weighted by Gasteiger charge is -2.34. The molecule has 2 N–H and O–H groups in total. The van der Waals surface area contributed by atoms with E-state index in [2.05, 4.69) is 10.6 Å². The van der Waals surface area contributed by atoms with Crippen LogP contribution in [0.5, 0.6) is 0 Å². The molecular formula is C27H40N4O6. The van der Waals surface area contributed by atoms with Crippen molar-refractivity contribution in [2.75, 3.05) is 19.7 Å². The highest BCUT2D eigenvalue weighted by Gasteiger charge is 2.38. The lowest BCUT2D eigenvalue weighted by atomic mass is 9.95. The van der Waals surface area contributed by atoms with E-state index in [0.29, 0.717) is 12.0 Å². The molecule has 0 aromatic heterocycles. The number of alkyl carbamates (subject to hydrolysis) is 1. The molecule has 0 heterocycles. The number of nitriles is 1. The van der Waals surface area contributed by atoms with Crippen LogP contribution in [0.2, 0.25) is 0 Å².